The second-order valence-corrected chi connectivity index (χ2v) is 6.98. The fourth-order valence-electron chi connectivity index (χ4n) is 2.52. The highest BCUT2D eigenvalue weighted by Gasteiger charge is 2.16. The van der Waals surface area contributed by atoms with Gasteiger partial charge in [-0.2, -0.15) is 0 Å². The van der Waals surface area contributed by atoms with Crippen molar-refractivity contribution in [2.24, 2.45) is 0 Å². The van der Waals surface area contributed by atoms with Crippen molar-refractivity contribution in [2.45, 2.75) is 18.6 Å². The second kappa shape index (κ2) is 9.23. The zero-order valence-corrected chi connectivity index (χ0v) is 16.6. The van der Waals surface area contributed by atoms with E-state index in [1.54, 1.807) is 30.4 Å². The van der Waals surface area contributed by atoms with E-state index in [2.05, 4.69) is 15.2 Å². The molecule has 0 saturated heterocycles. The number of ether oxygens (including phenoxy) is 1. The van der Waals surface area contributed by atoms with E-state index >= 15 is 0 Å². The molecule has 0 unspecified atom stereocenters. The Morgan fingerprint density at radius 2 is 2.04 bits per heavy atom. The average molecular weight is 398 g/mol. The van der Waals surface area contributed by atoms with E-state index in [-0.39, 0.29) is 11.7 Å². The number of benzene rings is 1. The highest BCUT2D eigenvalue weighted by Crippen LogP contribution is 2.21. The number of carbonyl (C=O) groups is 1. The molecule has 0 aliphatic rings. The van der Waals surface area contributed by atoms with Crippen LogP contribution in [0.2, 0.25) is 0 Å². The fourth-order valence-corrected chi connectivity index (χ4v) is 3.32. The molecular weight excluding hydrogens is 376 g/mol. The SMILES string of the molecule is CCOc1ccc(CN(C)C(=O)CSc2nnc(-c3cccnc3)n2N)cc1. The molecule has 2 N–H and O–H groups in total. The Morgan fingerprint density at radius 1 is 1.25 bits per heavy atom. The lowest BCUT2D eigenvalue weighted by Crippen LogP contribution is -2.28. The van der Waals surface area contributed by atoms with Crippen molar-refractivity contribution < 1.29 is 9.53 Å². The predicted molar refractivity (Wildman–Crippen MR) is 108 cm³/mol. The maximum atomic E-state index is 12.5. The summed E-state index contributed by atoms with van der Waals surface area (Å²) in [5.74, 6) is 7.59. The van der Waals surface area contributed by atoms with Gasteiger partial charge in [0.2, 0.25) is 11.1 Å². The molecule has 0 bridgehead atoms. The van der Waals surface area contributed by atoms with E-state index < -0.39 is 0 Å². The van der Waals surface area contributed by atoms with Crippen molar-refractivity contribution >= 4 is 17.7 Å². The summed E-state index contributed by atoms with van der Waals surface area (Å²) in [5.41, 5.74) is 1.80. The number of hydrogen-bond acceptors (Lipinski definition) is 7. The van der Waals surface area contributed by atoms with Gasteiger partial charge in [-0.1, -0.05) is 23.9 Å². The predicted octanol–water partition coefficient (Wildman–Crippen LogP) is 2.20. The van der Waals surface area contributed by atoms with Gasteiger partial charge in [0.25, 0.3) is 0 Å². The third-order valence-corrected chi connectivity index (χ3v) is 4.92. The first-order chi connectivity index (χ1) is 13.6. The summed E-state index contributed by atoms with van der Waals surface area (Å²) < 4.78 is 6.81. The molecule has 8 nitrogen and oxygen atoms in total. The highest BCUT2D eigenvalue weighted by atomic mass is 32.2. The van der Waals surface area contributed by atoms with Gasteiger partial charge in [-0.25, -0.2) is 4.68 Å². The summed E-state index contributed by atoms with van der Waals surface area (Å²) in [4.78, 5) is 18.2. The third-order valence-electron chi connectivity index (χ3n) is 3.99. The van der Waals surface area contributed by atoms with Gasteiger partial charge in [0, 0.05) is 31.5 Å². The molecule has 1 amide bonds. The van der Waals surface area contributed by atoms with Gasteiger partial charge in [0.05, 0.1) is 12.4 Å². The molecular formula is C19H22N6O2S. The quantitative estimate of drug-likeness (QED) is 0.459. The zero-order valence-electron chi connectivity index (χ0n) is 15.8. The minimum absolute atomic E-state index is 0.0233. The second-order valence-electron chi connectivity index (χ2n) is 6.03. The lowest BCUT2D eigenvalue weighted by Gasteiger charge is -2.17. The van der Waals surface area contributed by atoms with Crippen LogP contribution in [0.1, 0.15) is 12.5 Å². The van der Waals surface area contributed by atoms with Crippen LogP contribution >= 0.6 is 11.8 Å². The number of aromatic nitrogens is 4. The molecule has 0 saturated carbocycles. The fraction of sp³-hybridized carbons (Fsp3) is 0.263. The number of hydrogen-bond donors (Lipinski definition) is 1. The smallest absolute Gasteiger partial charge is 0.233 e. The van der Waals surface area contributed by atoms with Crippen LogP contribution in [0.4, 0.5) is 0 Å². The highest BCUT2D eigenvalue weighted by molar-refractivity contribution is 7.99. The van der Waals surface area contributed by atoms with Gasteiger partial charge in [-0.3, -0.25) is 9.78 Å². The van der Waals surface area contributed by atoms with Gasteiger partial charge in [-0.05, 0) is 36.8 Å². The van der Waals surface area contributed by atoms with Crippen LogP contribution in [0.25, 0.3) is 11.4 Å². The molecule has 3 rings (SSSR count). The third kappa shape index (κ3) is 4.80. The van der Waals surface area contributed by atoms with E-state index in [1.165, 1.54) is 16.4 Å². The lowest BCUT2D eigenvalue weighted by atomic mass is 10.2. The summed E-state index contributed by atoms with van der Waals surface area (Å²) in [6, 6.07) is 11.4. The Bertz CT molecular complexity index is 914. The molecule has 0 fully saturated rings. The van der Waals surface area contributed by atoms with Gasteiger partial charge >= 0.3 is 0 Å². The molecule has 1 aromatic carbocycles. The number of rotatable bonds is 8. The van der Waals surface area contributed by atoms with Crippen molar-refractivity contribution in [2.75, 3.05) is 25.3 Å². The lowest BCUT2D eigenvalue weighted by molar-refractivity contribution is -0.127. The van der Waals surface area contributed by atoms with Crippen LogP contribution in [0.3, 0.4) is 0 Å². The van der Waals surface area contributed by atoms with Gasteiger partial charge in [0.1, 0.15) is 5.75 Å². The minimum atomic E-state index is -0.0233. The summed E-state index contributed by atoms with van der Waals surface area (Å²) in [6.07, 6.45) is 3.34. The summed E-state index contributed by atoms with van der Waals surface area (Å²) >= 11 is 1.25. The van der Waals surface area contributed by atoms with E-state index in [9.17, 15) is 4.79 Å². The van der Waals surface area contributed by atoms with E-state index in [0.717, 1.165) is 16.9 Å². The summed E-state index contributed by atoms with van der Waals surface area (Å²) in [7, 11) is 1.77. The Hall–Kier alpha value is -3.07. The molecule has 146 valence electrons. The van der Waals surface area contributed by atoms with Crippen molar-refractivity contribution in [3.8, 4) is 17.1 Å². The average Bonchev–Trinajstić information content (AvgIpc) is 3.09. The first kappa shape index (κ1) is 19.7. The Balaban J connectivity index is 1.56. The van der Waals surface area contributed by atoms with Crippen LogP contribution in [-0.2, 0) is 11.3 Å². The molecule has 0 radical (unpaired) electrons. The van der Waals surface area contributed by atoms with Crippen LogP contribution < -0.4 is 10.6 Å². The molecule has 0 atom stereocenters. The Labute approximate surface area is 167 Å². The molecule has 0 spiro atoms. The normalized spacial score (nSPS) is 10.6. The van der Waals surface area contributed by atoms with Crippen LogP contribution in [0.15, 0.2) is 53.9 Å². The molecule has 2 aromatic heterocycles. The van der Waals surface area contributed by atoms with E-state index in [1.807, 2.05) is 37.3 Å². The maximum Gasteiger partial charge on any atom is 0.233 e. The maximum absolute atomic E-state index is 12.5. The first-order valence-electron chi connectivity index (χ1n) is 8.78. The molecule has 0 aliphatic carbocycles. The van der Waals surface area contributed by atoms with E-state index in [4.69, 9.17) is 10.6 Å². The standard InChI is InChI=1S/C19H22N6O2S/c1-3-27-16-8-6-14(7-9-16)12-24(2)17(26)13-28-19-23-22-18(25(19)20)15-5-4-10-21-11-15/h4-11H,3,12-13,20H2,1-2H3. The van der Waals surface area contributed by atoms with E-state index in [0.29, 0.717) is 24.1 Å². The van der Waals surface area contributed by atoms with Crippen LogP contribution in [0, 0.1) is 0 Å². The monoisotopic (exact) mass is 398 g/mol. The van der Waals surface area contributed by atoms with Crippen molar-refractivity contribution in [1.82, 2.24) is 24.8 Å². The van der Waals surface area contributed by atoms with Crippen molar-refractivity contribution in [1.29, 1.82) is 0 Å². The Kier molecular flexibility index (Phi) is 6.49. The largest absolute Gasteiger partial charge is 0.494 e. The number of nitrogen functional groups attached to an aromatic ring is 1. The summed E-state index contributed by atoms with van der Waals surface area (Å²) in [5, 5.41) is 8.64. The molecule has 2 heterocycles. The minimum Gasteiger partial charge on any atom is -0.494 e. The first-order valence-corrected chi connectivity index (χ1v) is 9.76. The Morgan fingerprint density at radius 3 is 2.71 bits per heavy atom. The van der Waals surface area contributed by atoms with Gasteiger partial charge in [0.15, 0.2) is 5.82 Å². The van der Waals surface area contributed by atoms with Crippen LogP contribution in [-0.4, -0.2) is 50.1 Å². The molecule has 3 aromatic rings. The van der Waals surface area contributed by atoms with Gasteiger partial charge in [-0.15, -0.1) is 10.2 Å². The number of carbonyl (C=O) groups excluding carboxylic acids is 1. The number of nitrogens with zero attached hydrogens (tertiary/aromatic N) is 5. The molecule has 0 aliphatic heterocycles. The number of pyridine rings is 1. The summed E-state index contributed by atoms with van der Waals surface area (Å²) in [6.45, 7) is 3.09. The topological polar surface area (TPSA) is 99.2 Å². The van der Waals surface area contributed by atoms with Crippen molar-refractivity contribution in [3.63, 3.8) is 0 Å². The van der Waals surface area contributed by atoms with Gasteiger partial charge < -0.3 is 15.5 Å². The number of nitrogens with two attached hydrogens (primary N) is 1. The number of thioether (sulfide) groups is 1. The zero-order chi connectivity index (χ0) is 19.9. The number of amides is 1. The molecule has 9 heteroatoms. The van der Waals surface area contributed by atoms with Crippen LogP contribution in [0.5, 0.6) is 5.75 Å². The van der Waals surface area contributed by atoms with Crippen molar-refractivity contribution in [3.05, 3.63) is 54.4 Å². The molecule has 28 heavy (non-hydrogen) atoms.